The fourth-order valence-electron chi connectivity index (χ4n) is 1.20. The SMILES string of the molecule is CCCCC(CC)COC(O)CO. The number of unbranched alkanes of at least 4 members (excludes halogenated alkanes) is 1. The first-order valence-electron chi connectivity index (χ1n) is 5.15. The van der Waals surface area contributed by atoms with Crippen molar-refractivity contribution in [2.45, 2.75) is 45.8 Å². The summed E-state index contributed by atoms with van der Waals surface area (Å²) >= 11 is 0. The van der Waals surface area contributed by atoms with Gasteiger partial charge >= 0.3 is 0 Å². The Bertz CT molecular complexity index is 106. The van der Waals surface area contributed by atoms with E-state index in [1.807, 2.05) is 0 Å². The van der Waals surface area contributed by atoms with E-state index in [9.17, 15) is 0 Å². The Labute approximate surface area is 80.7 Å². The van der Waals surface area contributed by atoms with Crippen molar-refractivity contribution in [3.63, 3.8) is 0 Å². The second kappa shape index (κ2) is 8.48. The Balaban J connectivity index is 3.46. The third-order valence-electron chi connectivity index (χ3n) is 2.22. The van der Waals surface area contributed by atoms with Crippen LogP contribution in [-0.4, -0.2) is 29.7 Å². The molecule has 3 heteroatoms. The van der Waals surface area contributed by atoms with Crippen molar-refractivity contribution in [3.8, 4) is 0 Å². The Morgan fingerprint density at radius 3 is 2.46 bits per heavy atom. The van der Waals surface area contributed by atoms with Crippen LogP contribution in [0.5, 0.6) is 0 Å². The molecule has 0 aromatic heterocycles. The zero-order valence-electron chi connectivity index (χ0n) is 8.70. The molecule has 0 rings (SSSR count). The maximum atomic E-state index is 8.96. The fourth-order valence-corrected chi connectivity index (χ4v) is 1.20. The van der Waals surface area contributed by atoms with Gasteiger partial charge < -0.3 is 14.9 Å². The summed E-state index contributed by atoms with van der Waals surface area (Å²) in [6.45, 7) is 4.52. The molecule has 0 spiro atoms. The summed E-state index contributed by atoms with van der Waals surface area (Å²) in [5, 5.41) is 17.5. The number of aliphatic hydroxyl groups excluding tert-OH is 2. The lowest BCUT2D eigenvalue weighted by Crippen LogP contribution is -2.20. The second-order valence-corrected chi connectivity index (χ2v) is 3.39. The van der Waals surface area contributed by atoms with Crippen molar-refractivity contribution < 1.29 is 14.9 Å². The lowest BCUT2D eigenvalue weighted by Gasteiger charge is -2.16. The van der Waals surface area contributed by atoms with E-state index in [0.29, 0.717) is 12.5 Å². The van der Waals surface area contributed by atoms with E-state index in [0.717, 1.165) is 12.8 Å². The van der Waals surface area contributed by atoms with E-state index < -0.39 is 6.29 Å². The van der Waals surface area contributed by atoms with E-state index >= 15 is 0 Å². The van der Waals surface area contributed by atoms with Gasteiger partial charge in [-0.15, -0.1) is 0 Å². The van der Waals surface area contributed by atoms with Gasteiger partial charge in [-0.1, -0.05) is 33.1 Å². The maximum absolute atomic E-state index is 8.96. The molecule has 0 aliphatic carbocycles. The molecule has 80 valence electrons. The first-order chi connectivity index (χ1) is 6.24. The molecule has 0 heterocycles. The molecule has 0 aromatic rings. The number of hydrogen-bond acceptors (Lipinski definition) is 3. The quantitative estimate of drug-likeness (QED) is 0.571. The van der Waals surface area contributed by atoms with Gasteiger partial charge in [-0.25, -0.2) is 0 Å². The Morgan fingerprint density at radius 1 is 1.31 bits per heavy atom. The van der Waals surface area contributed by atoms with Crippen LogP contribution < -0.4 is 0 Å². The van der Waals surface area contributed by atoms with Crippen molar-refractivity contribution in [3.05, 3.63) is 0 Å². The third-order valence-corrected chi connectivity index (χ3v) is 2.22. The molecule has 0 saturated carbocycles. The minimum absolute atomic E-state index is 0.315. The predicted molar refractivity (Wildman–Crippen MR) is 52.4 cm³/mol. The van der Waals surface area contributed by atoms with Gasteiger partial charge in [-0.2, -0.15) is 0 Å². The van der Waals surface area contributed by atoms with E-state index in [4.69, 9.17) is 14.9 Å². The van der Waals surface area contributed by atoms with Crippen molar-refractivity contribution in [2.24, 2.45) is 5.92 Å². The fraction of sp³-hybridized carbons (Fsp3) is 1.00. The number of hydrogen-bond donors (Lipinski definition) is 2. The highest BCUT2D eigenvalue weighted by atomic mass is 16.6. The molecule has 0 radical (unpaired) electrons. The number of aliphatic hydroxyl groups is 2. The Kier molecular flexibility index (Phi) is 8.40. The zero-order valence-corrected chi connectivity index (χ0v) is 8.70. The highest BCUT2D eigenvalue weighted by Gasteiger charge is 2.08. The normalized spacial score (nSPS) is 15.7. The topological polar surface area (TPSA) is 49.7 Å². The average molecular weight is 190 g/mol. The van der Waals surface area contributed by atoms with E-state index in [2.05, 4.69) is 13.8 Å². The molecule has 2 atom stereocenters. The molecule has 0 amide bonds. The van der Waals surface area contributed by atoms with Crippen LogP contribution in [0.4, 0.5) is 0 Å². The van der Waals surface area contributed by atoms with Crippen LogP contribution in [0.25, 0.3) is 0 Å². The van der Waals surface area contributed by atoms with Gasteiger partial charge in [-0.05, 0) is 12.3 Å². The third kappa shape index (κ3) is 6.99. The molecule has 0 aromatic carbocycles. The van der Waals surface area contributed by atoms with Gasteiger partial charge in [0, 0.05) is 0 Å². The second-order valence-electron chi connectivity index (χ2n) is 3.39. The molecule has 0 saturated heterocycles. The summed E-state index contributed by atoms with van der Waals surface area (Å²) in [5.74, 6) is 0.515. The van der Waals surface area contributed by atoms with E-state index in [1.165, 1.54) is 12.8 Å². The van der Waals surface area contributed by atoms with Crippen LogP contribution in [-0.2, 0) is 4.74 Å². The predicted octanol–water partition coefficient (Wildman–Crippen LogP) is 1.53. The van der Waals surface area contributed by atoms with Gasteiger partial charge in [0.1, 0.15) is 0 Å². The van der Waals surface area contributed by atoms with Gasteiger partial charge in [0.2, 0.25) is 0 Å². The molecule has 0 aliphatic heterocycles. The summed E-state index contributed by atoms with van der Waals surface area (Å²) in [6, 6.07) is 0. The lowest BCUT2D eigenvalue weighted by atomic mass is 10.0. The summed E-state index contributed by atoms with van der Waals surface area (Å²) < 4.78 is 5.05. The number of rotatable bonds is 8. The minimum Gasteiger partial charge on any atom is -0.391 e. The van der Waals surface area contributed by atoms with Crippen LogP contribution in [0.15, 0.2) is 0 Å². The smallest absolute Gasteiger partial charge is 0.177 e. The first kappa shape index (κ1) is 12.9. The summed E-state index contributed by atoms with van der Waals surface area (Å²) in [6.07, 6.45) is 3.61. The van der Waals surface area contributed by atoms with Crippen molar-refractivity contribution >= 4 is 0 Å². The molecular weight excluding hydrogens is 168 g/mol. The molecule has 2 N–H and O–H groups in total. The monoisotopic (exact) mass is 190 g/mol. The molecule has 13 heavy (non-hydrogen) atoms. The van der Waals surface area contributed by atoms with Crippen LogP contribution in [0.3, 0.4) is 0 Å². The molecule has 0 bridgehead atoms. The van der Waals surface area contributed by atoms with Crippen molar-refractivity contribution in [2.75, 3.05) is 13.2 Å². The minimum atomic E-state index is -1.00. The summed E-state index contributed by atoms with van der Waals surface area (Å²) in [5.41, 5.74) is 0. The highest BCUT2D eigenvalue weighted by Crippen LogP contribution is 2.13. The van der Waals surface area contributed by atoms with E-state index in [1.54, 1.807) is 0 Å². The first-order valence-corrected chi connectivity index (χ1v) is 5.15. The molecule has 2 unspecified atom stereocenters. The van der Waals surface area contributed by atoms with Crippen molar-refractivity contribution in [1.29, 1.82) is 0 Å². The van der Waals surface area contributed by atoms with Crippen LogP contribution in [0, 0.1) is 5.92 Å². The van der Waals surface area contributed by atoms with Gasteiger partial charge in [-0.3, -0.25) is 0 Å². The van der Waals surface area contributed by atoms with Crippen LogP contribution >= 0.6 is 0 Å². The van der Waals surface area contributed by atoms with Crippen LogP contribution in [0.1, 0.15) is 39.5 Å². The maximum Gasteiger partial charge on any atom is 0.177 e. The van der Waals surface area contributed by atoms with E-state index in [-0.39, 0.29) is 6.61 Å². The Hall–Kier alpha value is -0.120. The summed E-state index contributed by atoms with van der Waals surface area (Å²) in [4.78, 5) is 0. The summed E-state index contributed by atoms with van der Waals surface area (Å²) in [7, 11) is 0. The zero-order chi connectivity index (χ0) is 10.1. The number of ether oxygens (including phenoxy) is 1. The van der Waals surface area contributed by atoms with Gasteiger partial charge in [0.15, 0.2) is 6.29 Å². The van der Waals surface area contributed by atoms with Gasteiger partial charge in [0.25, 0.3) is 0 Å². The standard InChI is InChI=1S/C10H22O3/c1-3-5-6-9(4-2)8-13-10(12)7-11/h9-12H,3-8H2,1-2H3. The highest BCUT2D eigenvalue weighted by molar-refractivity contribution is 4.56. The van der Waals surface area contributed by atoms with Gasteiger partial charge in [0.05, 0.1) is 13.2 Å². The molecule has 0 aliphatic rings. The van der Waals surface area contributed by atoms with Crippen molar-refractivity contribution in [1.82, 2.24) is 0 Å². The molecular formula is C10H22O3. The largest absolute Gasteiger partial charge is 0.391 e. The molecule has 0 fully saturated rings. The average Bonchev–Trinajstić information content (AvgIpc) is 2.17. The molecule has 3 nitrogen and oxygen atoms in total. The lowest BCUT2D eigenvalue weighted by molar-refractivity contribution is -0.133. The van der Waals surface area contributed by atoms with Crippen LogP contribution in [0.2, 0.25) is 0 Å². The Morgan fingerprint density at radius 2 is 2.00 bits per heavy atom.